The van der Waals surface area contributed by atoms with Gasteiger partial charge in [-0.05, 0) is 19.1 Å². The Bertz CT molecular complexity index is 605. The lowest BCUT2D eigenvalue weighted by molar-refractivity contribution is 0.581. The number of hydrogen-bond acceptors (Lipinski definition) is 3. The maximum absolute atomic E-state index is 11.9. The van der Waals surface area contributed by atoms with Gasteiger partial charge in [0, 0.05) is 24.9 Å². The van der Waals surface area contributed by atoms with E-state index < -0.39 is 10.0 Å². The van der Waals surface area contributed by atoms with Crippen LogP contribution < -0.4 is 4.72 Å². The first-order valence-corrected chi connectivity index (χ1v) is 7.11. The quantitative estimate of drug-likeness (QED) is 0.854. The molecule has 1 aromatic carbocycles. The van der Waals surface area contributed by atoms with Crippen LogP contribution in [0.25, 0.3) is 0 Å². The van der Waals surface area contributed by atoms with E-state index in [1.54, 1.807) is 36.5 Å². The van der Waals surface area contributed by atoms with Crippen molar-refractivity contribution in [1.29, 1.82) is 0 Å². The molecular formula is C12H15N3O2S. The molecule has 0 saturated heterocycles. The maximum Gasteiger partial charge on any atom is 0.240 e. The molecule has 0 aliphatic carbocycles. The molecule has 1 aromatic heterocycles. The van der Waals surface area contributed by atoms with Gasteiger partial charge >= 0.3 is 0 Å². The number of aromatic amines is 1. The average molecular weight is 265 g/mol. The number of aryl methyl sites for hydroxylation is 1. The Morgan fingerprint density at radius 1 is 1.28 bits per heavy atom. The number of nitrogens with one attached hydrogen (secondary N) is 2. The minimum absolute atomic E-state index is 0.283. The highest BCUT2D eigenvalue weighted by molar-refractivity contribution is 7.89. The van der Waals surface area contributed by atoms with E-state index >= 15 is 0 Å². The number of nitrogens with zero attached hydrogens (tertiary/aromatic N) is 1. The number of aromatic nitrogens is 2. The van der Waals surface area contributed by atoms with Crippen molar-refractivity contribution < 1.29 is 8.42 Å². The molecule has 0 aliphatic rings. The van der Waals surface area contributed by atoms with Crippen LogP contribution in [0.1, 0.15) is 11.5 Å². The molecule has 0 radical (unpaired) electrons. The zero-order valence-corrected chi connectivity index (χ0v) is 10.9. The minimum Gasteiger partial charge on any atom is -0.346 e. The fourth-order valence-electron chi connectivity index (χ4n) is 1.60. The van der Waals surface area contributed by atoms with Crippen molar-refractivity contribution in [2.24, 2.45) is 0 Å². The van der Waals surface area contributed by atoms with Gasteiger partial charge in [0.2, 0.25) is 10.0 Å². The van der Waals surface area contributed by atoms with Crippen molar-refractivity contribution >= 4 is 10.0 Å². The van der Waals surface area contributed by atoms with Crippen molar-refractivity contribution in [1.82, 2.24) is 14.7 Å². The summed E-state index contributed by atoms with van der Waals surface area (Å²) in [6.07, 6.45) is 2.30. The summed E-state index contributed by atoms with van der Waals surface area (Å²) in [6.45, 7) is 2.20. The predicted octanol–water partition coefficient (Wildman–Crippen LogP) is 1.24. The summed E-state index contributed by atoms with van der Waals surface area (Å²) in [6, 6.07) is 8.33. The molecule has 96 valence electrons. The van der Waals surface area contributed by atoms with Crippen LogP contribution in [-0.4, -0.2) is 24.9 Å². The molecule has 0 spiro atoms. The summed E-state index contributed by atoms with van der Waals surface area (Å²) in [5, 5.41) is 0. The highest BCUT2D eigenvalue weighted by atomic mass is 32.2. The van der Waals surface area contributed by atoms with Crippen LogP contribution in [0.3, 0.4) is 0 Å². The Hall–Kier alpha value is -1.66. The molecule has 6 heteroatoms. The van der Waals surface area contributed by atoms with Gasteiger partial charge in [0.05, 0.1) is 4.90 Å². The van der Waals surface area contributed by atoms with Gasteiger partial charge in [0.25, 0.3) is 0 Å². The highest BCUT2D eigenvalue weighted by Crippen LogP contribution is 2.07. The first-order valence-electron chi connectivity index (χ1n) is 5.63. The van der Waals surface area contributed by atoms with E-state index in [0.29, 0.717) is 13.0 Å². The number of imidazole rings is 1. The van der Waals surface area contributed by atoms with Gasteiger partial charge in [-0.1, -0.05) is 18.2 Å². The third-order valence-corrected chi connectivity index (χ3v) is 3.97. The lowest BCUT2D eigenvalue weighted by atomic mass is 10.3. The Morgan fingerprint density at radius 2 is 2.00 bits per heavy atom. The second-order valence-corrected chi connectivity index (χ2v) is 5.72. The monoisotopic (exact) mass is 265 g/mol. The third-order valence-electron chi connectivity index (χ3n) is 2.50. The summed E-state index contributed by atoms with van der Waals surface area (Å²) in [7, 11) is -3.41. The van der Waals surface area contributed by atoms with Crippen LogP contribution in [0.2, 0.25) is 0 Å². The molecule has 5 nitrogen and oxygen atoms in total. The lowest BCUT2D eigenvalue weighted by Gasteiger charge is -2.05. The molecule has 2 aromatic rings. The standard InChI is InChI=1S/C12H15N3O2S/c1-10-13-9-11(15-10)7-8-14-18(16,17)12-5-3-2-4-6-12/h2-6,9,14H,7-8H2,1H3,(H,13,15). The average Bonchev–Trinajstić information content (AvgIpc) is 2.76. The van der Waals surface area contributed by atoms with Crippen LogP contribution >= 0.6 is 0 Å². The Labute approximate surface area is 106 Å². The Kier molecular flexibility index (Phi) is 3.78. The molecule has 0 amide bonds. The van der Waals surface area contributed by atoms with E-state index in [9.17, 15) is 8.42 Å². The number of sulfonamides is 1. The van der Waals surface area contributed by atoms with Crippen molar-refractivity contribution in [3.8, 4) is 0 Å². The summed E-state index contributed by atoms with van der Waals surface area (Å²) >= 11 is 0. The van der Waals surface area contributed by atoms with Crippen LogP contribution in [0, 0.1) is 6.92 Å². The summed E-state index contributed by atoms with van der Waals surface area (Å²) in [5.41, 5.74) is 0.920. The van der Waals surface area contributed by atoms with Gasteiger partial charge in [-0.15, -0.1) is 0 Å². The molecule has 0 aliphatic heterocycles. The zero-order chi connectivity index (χ0) is 13.0. The zero-order valence-electron chi connectivity index (χ0n) is 10.1. The number of H-pyrrole nitrogens is 1. The Morgan fingerprint density at radius 3 is 2.61 bits per heavy atom. The fraction of sp³-hybridized carbons (Fsp3) is 0.250. The van der Waals surface area contributed by atoms with E-state index in [2.05, 4.69) is 14.7 Å². The Balaban J connectivity index is 1.94. The smallest absolute Gasteiger partial charge is 0.240 e. The molecule has 0 bridgehead atoms. The number of hydrogen-bond donors (Lipinski definition) is 2. The molecule has 0 atom stereocenters. The normalized spacial score (nSPS) is 11.6. The van der Waals surface area contributed by atoms with E-state index in [-0.39, 0.29) is 4.90 Å². The molecule has 18 heavy (non-hydrogen) atoms. The van der Waals surface area contributed by atoms with Gasteiger partial charge in [0.15, 0.2) is 0 Å². The van der Waals surface area contributed by atoms with E-state index in [0.717, 1.165) is 11.5 Å². The largest absolute Gasteiger partial charge is 0.346 e. The van der Waals surface area contributed by atoms with Crippen LogP contribution in [0.5, 0.6) is 0 Å². The van der Waals surface area contributed by atoms with E-state index in [1.165, 1.54) is 0 Å². The van der Waals surface area contributed by atoms with Crippen molar-refractivity contribution in [2.45, 2.75) is 18.2 Å². The second-order valence-electron chi connectivity index (χ2n) is 3.95. The highest BCUT2D eigenvalue weighted by Gasteiger charge is 2.12. The van der Waals surface area contributed by atoms with Crippen LogP contribution in [0.4, 0.5) is 0 Å². The van der Waals surface area contributed by atoms with Gasteiger partial charge < -0.3 is 4.98 Å². The second kappa shape index (κ2) is 5.32. The van der Waals surface area contributed by atoms with E-state index in [4.69, 9.17) is 0 Å². The lowest BCUT2D eigenvalue weighted by Crippen LogP contribution is -2.26. The maximum atomic E-state index is 11.9. The van der Waals surface area contributed by atoms with Crippen molar-refractivity contribution in [3.63, 3.8) is 0 Å². The molecule has 2 N–H and O–H groups in total. The topological polar surface area (TPSA) is 74.8 Å². The molecule has 1 heterocycles. The number of rotatable bonds is 5. The number of benzene rings is 1. The third kappa shape index (κ3) is 3.18. The van der Waals surface area contributed by atoms with Gasteiger partial charge in [0.1, 0.15) is 5.82 Å². The first kappa shape index (κ1) is 12.8. The summed E-state index contributed by atoms with van der Waals surface area (Å²) in [4.78, 5) is 7.40. The predicted molar refractivity (Wildman–Crippen MR) is 68.7 cm³/mol. The van der Waals surface area contributed by atoms with Crippen molar-refractivity contribution in [2.75, 3.05) is 6.54 Å². The fourth-order valence-corrected chi connectivity index (χ4v) is 2.65. The summed E-state index contributed by atoms with van der Waals surface area (Å²) in [5.74, 6) is 0.830. The summed E-state index contributed by atoms with van der Waals surface area (Å²) < 4.78 is 26.3. The molecule has 0 unspecified atom stereocenters. The molecule has 2 rings (SSSR count). The van der Waals surface area contributed by atoms with E-state index in [1.807, 2.05) is 6.92 Å². The molecule has 0 fully saturated rings. The van der Waals surface area contributed by atoms with Gasteiger partial charge in [-0.3, -0.25) is 0 Å². The van der Waals surface area contributed by atoms with Crippen LogP contribution in [0.15, 0.2) is 41.4 Å². The molecular weight excluding hydrogens is 250 g/mol. The first-order chi connectivity index (χ1) is 8.58. The van der Waals surface area contributed by atoms with Crippen LogP contribution in [-0.2, 0) is 16.4 Å². The molecule has 0 saturated carbocycles. The SMILES string of the molecule is Cc1ncc(CCNS(=O)(=O)c2ccccc2)[nH]1. The van der Waals surface area contributed by atoms with Crippen molar-refractivity contribution in [3.05, 3.63) is 48.0 Å². The minimum atomic E-state index is -3.41. The van der Waals surface area contributed by atoms with Gasteiger partial charge in [-0.2, -0.15) is 0 Å². The van der Waals surface area contributed by atoms with Gasteiger partial charge in [-0.25, -0.2) is 18.1 Å².